The Kier molecular flexibility index (Phi) is 6.31. The Morgan fingerprint density at radius 1 is 1.03 bits per heavy atom. The lowest BCUT2D eigenvalue weighted by atomic mass is 10.0. The van der Waals surface area contributed by atoms with E-state index in [1.807, 2.05) is 74.1 Å². The van der Waals surface area contributed by atoms with Crippen molar-refractivity contribution in [3.63, 3.8) is 0 Å². The molecular formula is C26H28N4O3. The molecule has 2 aromatic carbocycles. The number of carbonyl (C=O) groups is 1. The average Bonchev–Trinajstić information content (AvgIpc) is 3.08. The molecule has 1 N–H and O–H groups in total. The lowest BCUT2D eigenvalue weighted by Crippen LogP contribution is -2.26. The lowest BCUT2D eigenvalue weighted by Gasteiger charge is -2.12. The molecule has 0 unspecified atom stereocenters. The molecule has 0 fully saturated rings. The third kappa shape index (κ3) is 4.39. The fraction of sp³-hybridized carbons (Fsp3) is 0.269. The van der Waals surface area contributed by atoms with E-state index in [0.29, 0.717) is 30.0 Å². The number of amides is 1. The van der Waals surface area contributed by atoms with Crippen molar-refractivity contribution in [3.05, 3.63) is 71.0 Å². The zero-order valence-corrected chi connectivity index (χ0v) is 19.6. The highest BCUT2D eigenvalue weighted by molar-refractivity contribution is 6.07. The molecule has 0 aliphatic rings. The van der Waals surface area contributed by atoms with E-state index in [0.717, 1.165) is 39.1 Å². The van der Waals surface area contributed by atoms with Gasteiger partial charge in [0.15, 0.2) is 11.5 Å². The van der Waals surface area contributed by atoms with Crippen LogP contribution >= 0.6 is 0 Å². The summed E-state index contributed by atoms with van der Waals surface area (Å²) >= 11 is 0. The molecule has 170 valence electrons. The molecular weight excluding hydrogens is 416 g/mol. The lowest BCUT2D eigenvalue weighted by molar-refractivity contribution is 0.0955. The van der Waals surface area contributed by atoms with Crippen molar-refractivity contribution in [2.75, 3.05) is 20.8 Å². The highest BCUT2D eigenvalue weighted by atomic mass is 16.5. The smallest absolute Gasteiger partial charge is 0.252 e. The molecule has 0 atom stereocenters. The molecule has 4 aromatic rings. The number of para-hydroxylation sites is 1. The van der Waals surface area contributed by atoms with Gasteiger partial charge in [-0.2, -0.15) is 5.10 Å². The number of rotatable bonds is 7. The first-order chi connectivity index (χ1) is 15.9. The molecule has 0 aliphatic carbocycles. The molecule has 0 saturated carbocycles. The Labute approximate surface area is 193 Å². The predicted octanol–water partition coefficient (Wildman–Crippen LogP) is 4.24. The standard InChI is InChI=1S/C26H28N4O3/c1-16-25(17(2)30(3)29-16)22-15-20(19-8-6-7-9-21(19)28-22)26(31)27-13-12-18-10-11-23(32-4)24(14-18)33-5/h6-11,14-15H,12-13H2,1-5H3,(H,27,31). The van der Waals surface area contributed by atoms with Crippen LogP contribution in [-0.2, 0) is 13.5 Å². The number of nitrogens with one attached hydrogen (secondary N) is 1. The van der Waals surface area contributed by atoms with Crippen LogP contribution in [0.3, 0.4) is 0 Å². The SMILES string of the molecule is COc1ccc(CCNC(=O)c2cc(-c3c(C)nn(C)c3C)nc3ccccc23)cc1OC. The van der Waals surface area contributed by atoms with E-state index in [4.69, 9.17) is 14.5 Å². The quantitative estimate of drug-likeness (QED) is 0.461. The third-order valence-corrected chi connectivity index (χ3v) is 5.87. The highest BCUT2D eigenvalue weighted by Gasteiger charge is 2.18. The molecule has 0 bridgehead atoms. The molecule has 0 aliphatic heterocycles. The largest absolute Gasteiger partial charge is 0.493 e. The average molecular weight is 445 g/mol. The summed E-state index contributed by atoms with van der Waals surface area (Å²) in [5, 5.41) is 8.39. The number of benzene rings is 2. The topological polar surface area (TPSA) is 78.3 Å². The van der Waals surface area contributed by atoms with Gasteiger partial charge in [0.05, 0.1) is 36.7 Å². The fourth-order valence-corrected chi connectivity index (χ4v) is 4.09. The monoisotopic (exact) mass is 444 g/mol. The van der Waals surface area contributed by atoms with Gasteiger partial charge in [0.25, 0.3) is 5.91 Å². The summed E-state index contributed by atoms with van der Waals surface area (Å²) in [4.78, 5) is 18.1. The van der Waals surface area contributed by atoms with Crippen molar-refractivity contribution in [1.29, 1.82) is 0 Å². The Bertz CT molecular complexity index is 1330. The van der Waals surface area contributed by atoms with Crippen molar-refractivity contribution in [1.82, 2.24) is 20.1 Å². The van der Waals surface area contributed by atoms with Gasteiger partial charge in [0.2, 0.25) is 0 Å². The maximum Gasteiger partial charge on any atom is 0.252 e. The molecule has 33 heavy (non-hydrogen) atoms. The van der Waals surface area contributed by atoms with Crippen LogP contribution in [0.4, 0.5) is 0 Å². The van der Waals surface area contributed by atoms with Gasteiger partial charge in [-0.1, -0.05) is 24.3 Å². The second-order valence-corrected chi connectivity index (χ2v) is 7.94. The van der Waals surface area contributed by atoms with Crippen LogP contribution in [0, 0.1) is 13.8 Å². The van der Waals surface area contributed by atoms with Crippen LogP contribution in [0.2, 0.25) is 0 Å². The van der Waals surface area contributed by atoms with E-state index >= 15 is 0 Å². The summed E-state index contributed by atoms with van der Waals surface area (Å²) < 4.78 is 12.5. The number of carbonyl (C=O) groups excluding carboxylic acids is 1. The van der Waals surface area contributed by atoms with Gasteiger partial charge >= 0.3 is 0 Å². The predicted molar refractivity (Wildman–Crippen MR) is 129 cm³/mol. The number of ether oxygens (including phenoxy) is 2. The van der Waals surface area contributed by atoms with Crippen LogP contribution in [0.15, 0.2) is 48.5 Å². The van der Waals surface area contributed by atoms with Crippen molar-refractivity contribution in [3.8, 4) is 22.8 Å². The summed E-state index contributed by atoms with van der Waals surface area (Å²) in [5.41, 5.74) is 6.04. The maximum absolute atomic E-state index is 13.2. The minimum absolute atomic E-state index is 0.130. The molecule has 4 rings (SSSR count). The van der Waals surface area contributed by atoms with E-state index in [1.165, 1.54) is 0 Å². The van der Waals surface area contributed by atoms with Crippen molar-refractivity contribution in [2.45, 2.75) is 20.3 Å². The normalized spacial score (nSPS) is 10.9. The van der Waals surface area contributed by atoms with Crippen LogP contribution < -0.4 is 14.8 Å². The van der Waals surface area contributed by atoms with Crippen molar-refractivity contribution in [2.24, 2.45) is 7.05 Å². The summed E-state index contributed by atoms with van der Waals surface area (Å²) in [6.07, 6.45) is 0.669. The number of aryl methyl sites for hydroxylation is 2. The first-order valence-corrected chi connectivity index (χ1v) is 10.8. The van der Waals surface area contributed by atoms with Gasteiger partial charge < -0.3 is 14.8 Å². The molecule has 7 nitrogen and oxygen atoms in total. The van der Waals surface area contributed by atoms with Gasteiger partial charge in [-0.3, -0.25) is 9.48 Å². The number of fused-ring (bicyclic) bond motifs is 1. The van der Waals surface area contributed by atoms with Crippen LogP contribution in [0.5, 0.6) is 11.5 Å². The number of pyridine rings is 1. The van der Waals surface area contributed by atoms with E-state index in [1.54, 1.807) is 14.2 Å². The van der Waals surface area contributed by atoms with Crippen LogP contribution in [0.25, 0.3) is 22.2 Å². The van der Waals surface area contributed by atoms with E-state index < -0.39 is 0 Å². The number of nitrogens with zero attached hydrogens (tertiary/aromatic N) is 3. The Balaban J connectivity index is 1.60. The van der Waals surface area contributed by atoms with E-state index in [2.05, 4.69) is 10.4 Å². The Hall–Kier alpha value is -3.87. The molecule has 1 amide bonds. The third-order valence-electron chi connectivity index (χ3n) is 5.87. The van der Waals surface area contributed by atoms with Crippen molar-refractivity contribution >= 4 is 16.8 Å². The van der Waals surface area contributed by atoms with Gasteiger partial charge in [0, 0.05) is 30.2 Å². The zero-order valence-electron chi connectivity index (χ0n) is 19.6. The van der Waals surface area contributed by atoms with Gasteiger partial charge in [-0.05, 0) is 50.1 Å². The van der Waals surface area contributed by atoms with Crippen LogP contribution in [-0.4, -0.2) is 41.4 Å². The highest BCUT2D eigenvalue weighted by Crippen LogP contribution is 2.30. The summed E-state index contributed by atoms with van der Waals surface area (Å²) in [5.74, 6) is 1.23. The minimum atomic E-state index is -0.130. The first-order valence-electron chi connectivity index (χ1n) is 10.8. The van der Waals surface area contributed by atoms with Gasteiger partial charge in [0.1, 0.15) is 0 Å². The summed E-state index contributed by atoms with van der Waals surface area (Å²) in [6.45, 7) is 4.46. The fourth-order valence-electron chi connectivity index (χ4n) is 4.09. The molecule has 0 radical (unpaired) electrons. The Morgan fingerprint density at radius 3 is 2.48 bits per heavy atom. The summed E-state index contributed by atoms with van der Waals surface area (Å²) in [7, 11) is 5.13. The van der Waals surface area contributed by atoms with Gasteiger partial charge in [-0.15, -0.1) is 0 Å². The van der Waals surface area contributed by atoms with Crippen molar-refractivity contribution < 1.29 is 14.3 Å². The van der Waals surface area contributed by atoms with E-state index in [9.17, 15) is 4.79 Å². The number of methoxy groups -OCH3 is 2. The summed E-state index contributed by atoms with van der Waals surface area (Å²) in [6, 6.07) is 15.4. The second kappa shape index (κ2) is 9.32. The molecule has 2 aromatic heterocycles. The Morgan fingerprint density at radius 2 is 1.79 bits per heavy atom. The van der Waals surface area contributed by atoms with Gasteiger partial charge in [-0.25, -0.2) is 4.98 Å². The van der Waals surface area contributed by atoms with Crippen LogP contribution in [0.1, 0.15) is 27.3 Å². The second-order valence-electron chi connectivity index (χ2n) is 7.94. The number of hydrogen-bond donors (Lipinski definition) is 1. The molecule has 2 heterocycles. The first kappa shape index (κ1) is 22.3. The molecule has 7 heteroatoms. The molecule has 0 saturated heterocycles. The number of aromatic nitrogens is 3. The van der Waals surface area contributed by atoms with E-state index in [-0.39, 0.29) is 5.91 Å². The maximum atomic E-state index is 13.2. The molecule has 0 spiro atoms. The number of hydrogen-bond acceptors (Lipinski definition) is 5. The zero-order chi connectivity index (χ0) is 23.5. The minimum Gasteiger partial charge on any atom is -0.493 e.